The van der Waals surface area contributed by atoms with Gasteiger partial charge in [0.1, 0.15) is 0 Å². The van der Waals surface area contributed by atoms with Crippen molar-refractivity contribution in [3.63, 3.8) is 0 Å². The molecular weight excluding hydrogens is 307 g/mol. The number of hydrogen-bond donors (Lipinski definition) is 2. The van der Waals surface area contributed by atoms with Crippen LogP contribution in [0.1, 0.15) is 25.7 Å². The molecule has 4 N–H and O–H groups in total. The molecule has 0 aromatic carbocycles. The first-order valence-electron chi connectivity index (χ1n) is 5.98. The van der Waals surface area contributed by atoms with Gasteiger partial charge in [0.15, 0.2) is 13.1 Å². The van der Waals surface area contributed by atoms with Crippen molar-refractivity contribution in [3.8, 4) is 0 Å². The maximum atomic E-state index is 5.42. The Labute approximate surface area is 128 Å². The Bertz CT molecular complexity index is 445. The molecule has 2 aromatic heterocycles. The number of hydrogen-bond acceptors (Lipinski definition) is 6. The van der Waals surface area contributed by atoms with E-state index < -0.39 is 0 Å². The molecule has 0 bridgehead atoms. The normalized spacial score (nSPS) is 9.80. The lowest BCUT2D eigenvalue weighted by molar-refractivity contribution is -0.763. The highest BCUT2D eigenvalue weighted by Crippen LogP contribution is 2.01. The van der Waals surface area contributed by atoms with Crippen LogP contribution in [0.2, 0.25) is 0 Å². The molecule has 0 amide bonds. The zero-order valence-electron chi connectivity index (χ0n) is 10.9. The summed E-state index contributed by atoms with van der Waals surface area (Å²) in [6.07, 6.45) is 7.70. The Morgan fingerprint density at radius 3 is 1.50 bits per heavy atom. The maximum absolute atomic E-state index is 5.42. The average molecular weight is 325 g/mol. The predicted molar refractivity (Wildman–Crippen MR) is 60.7 cm³/mol. The van der Waals surface area contributed by atoms with Crippen molar-refractivity contribution in [2.24, 2.45) is 0 Å². The van der Waals surface area contributed by atoms with Crippen LogP contribution in [0.25, 0.3) is 0 Å². The van der Waals surface area contributed by atoms with E-state index in [0.717, 1.165) is 38.8 Å². The molecule has 0 radical (unpaired) electrons. The summed E-state index contributed by atoms with van der Waals surface area (Å²) in [5, 5.41) is 7.52. The number of halogens is 2. The van der Waals surface area contributed by atoms with Crippen LogP contribution in [0, 0.1) is 0 Å². The van der Waals surface area contributed by atoms with Gasteiger partial charge in [-0.15, -0.1) is 0 Å². The monoisotopic (exact) mass is 324 g/mol. The van der Waals surface area contributed by atoms with Crippen LogP contribution >= 0.6 is 0 Å². The first-order chi connectivity index (χ1) is 8.74. The third kappa shape index (κ3) is 6.07. The molecule has 0 aliphatic carbocycles. The minimum absolute atomic E-state index is 0. The van der Waals surface area contributed by atoms with Crippen molar-refractivity contribution in [3.05, 3.63) is 12.4 Å². The van der Waals surface area contributed by atoms with Crippen molar-refractivity contribution in [1.82, 2.24) is 10.5 Å². The van der Waals surface area contributed by atoms with Crippen molar-refractivity contribution < 1.29 is 43.2 Å². The third-order valence-electron chi connectivity index (χ3n) is 2.58. The SMILES string of the molecule is Nc1c[n+](CCCCCC[n+]2cc(N)on2)no1.[Cl-].[Cl-]. The van der Waals surface area contributed by atoms with Gasteiger partial charge in [-0.05, 0) is 12.8 Å². The Morgan fingerprint density at radius 1 is 0.800 bits per heavy atom. The zero-order chi connectivity index (χ0) is 12.8. The summed E-state index contributed by atoms with van der Waals surface area (Å²) in [7, 11) is 0. The number of aromatic nitrogens is 4. The Balaban J connectivity index is 0.00000180. The highest BCUT2D eigenvalue weighted by Gasteiger charge is 2.09. The number of aryl methyl sites for hydroxylation is 2. The van der Waals surface area contributed by atoms with E-state index in [2.05, 4.69) is 10.5 Å². The van der Waals surface area contributed by atoms with Gasteiger partial charge in [0.2, 0.25) is 10.5 Å². The van der Waals surface area contributed by atoms with Crippen LogP contribution in [0.15, 0.2) is 21.4 Å². The highest BCUT2D eigenvalue weighted by atomic mass is 35.5. The number of nitrogens with zero attached hydrogens (tertiary/aromatic N) is 4. The second-order valence-electron chi connectivity index (χ2n) is 4.15. The van der Waals surface area contributed by atoms with Gasteiger partial charge in [0, 0.05) is 12.8 Å². The van der Waals surface area contributed by atoms with Gasteiger partial charge in [-0.2, -0.15) is 0 Å². The maximum Gasteiger partial charge on any atom is 0.293 e. The fourth-order valence-corrected chi connectivity index (χ4v) is 1.70. The lowest BCUT2D eigenvalue weighted by Crippen LogP contribution is -3.00. The van der Waals surface area contributed by atoms with Crippen LogP contribution in [-0.4, -0.2) is 10.5 Å². The van der Waals surface area contributed by atoms with E-state index in [9.17, 15) is 0 Å². The minimum atomic E-state index is 0. The van der Waals surface area contributed by atoms with Crippen LogP contribution in [-0.2, 0) is 13.1 Å². The van der Waals surface area contributed by atoms with E-state index in [-0.39, 0.29) is 24.8 Å². The van der Waals surface area contributed by atoms with Crippen LogP contribution in [0.3, 0.4) is 0 Å². The van der Waals surface area contributed by atoms with E-state index in [4.69, 9.17) is 20.5 Å². The van der Waals surface area contributed by atoms with Gasteiger partial charge in [-0.1, -0.05) is 9.36 Å². The van der Waals surface area contributed by atoms with Crippen molar-refractivity contribution in [2.45, 2.75) is 38.8 Å². The second-order valence-corrected chi connectivity index (χ2v) is 4.15. The van der Waals surface area contributed by atoms with Crippen molar-refractivity contribution in [2.75, 3.05) is 11.5 Å². The summed E-state index contributed by atoms with van der Waals surface area (Å²) in [6.45, 7) is 1.65. The molecule has 20 heavy (non-hydrogen) atoms. The molecule has 10 heteroatoms. The molecular formula is C10H18Cl2N6O2. The summed E-state index contributed by atoms with van der Waals surface area (Å²) < 4.78 is 12.9. The first kappa shape index (κ1) is 18.5. The topological polar surface area (TPSA) is 112 Å². The molecule has 8 nitrogen and oxygen atoms in total. The number of unbranched alkanes of at least 4 members (excludes halogenated alkanes) is 3. The van der Waals surface area contributed by atoms with E-state index in [1.807, 2.05) is 0 Å². The molecule has 2 aromatic rings. The van der Waals surface area contributed by atoms with Gasteiger partial charge >= 0.3 is 0 Å². The van der Waals surface area contributed by atoms with Gasteiger partial charge in [0.25, 0.3) is 24.2 Å². The summed E-state index contributed by atoms with van der Waals surface area (Å²) in [6, 6.07) is 0. The fraction of sp³-hybridized carbons (Fsp3) is 0.600. The van der Waals surface area contributed by atoms with E-state index >= 15 is 0 Å². The van der Waals surface area contributed by atoms with E-state index in [0.29, 0.717) is 11.8 Å². The zero-order valence-corrected chi connectivity index (χ0v) is 12.4. The van der Waals surface area contributed by atoms with Gasteiger partial charge in [-0.25, -0.2) is 0 Å². The number of nitrogens with two attached hydrogens (primary N) is 2. The number of anilines is 2. The molecule has 2 heterocycles. The van der Waals surface area contributed by atoms with Crippen molar-refractivity contribution in [1.29, 1.82) is 0 Å². The van der Waals surface area contributed by atoms with Crippen LogP contribution in [0.4, 0.5) is 11.8 Å². The van der Waals surface area contributed by atoms with E-state index in [1.54, 1.807) is 21.8 Å². The second kappa shape index (κ2) is 9.38. The molecule has 0 spiro atoms. The predicted octanol–water partition coefficient (Wildman–Crippen LogP) is -6.33. The Morgan fingerprint density at radius 2 is 1.20 bits per heavy atom. The largest absolute Gasteiger partial charge is 1.00 e. The van der Waals surface area contributed by atoms with E-state index in [1.165, 1.54) is 0 Å². The molecule has 0 unspecified atom stereocenters. The summed E-state index contributed by atoms with van der Waals surface area (Å²) in [5.41, 5.74) is 10.8. The molecule has 2 rings (SSSR count). The molecule has 0 fully saturated rings. The van der Waals surface area contributed by atoms with Crippen LogP contribution in [0.5, 0.6) is 0 Å². The van der Waals surface area contributed by atoms with Crippen LogP contribution < -0.4 is 45.6 Å². The highest BCUT2D eigenvalue weighted by molar-refractivity contribution is 5.11. The van der Waals surface area contributed by atoms with Gasteiger partial charge in [-0.3, -0.25) is 9.05 Å². The Hall–Kier alpha value is -1.54. The average Bonchev–Trinajstić information content (AvgIpc) is 2.93. The standard InChI is InChI=1S/C10H18N6O2.2ClH/c11-9-7-15(13-17-9)5-3-1-2-4-6-16-8-10(12)18-14-16;;/h7-8H,1-6,11-12H2;2*1H/q+2;;/p-2. The molecule has 0 saturated carbocycles. The van der Waals surface area contributed by atoms with Gasteiger partial charge in [0.05, 0.1) is 0 Å². The van der Waals surface area contributed by atoms with Gasteiger partial charge < -0.3 is 36.3 Å². The molecule has 0 atom stereocenters. The minimum Gasteiger partial charge on any atom is -1.00 e. The lowest BCUT2D eigenvalue weighted by atomic mass is 10.2. The summed E-state index contributed by atoms with van der Waals surface area (Å²) in [4.78, 5) is 0. The summed E-state index contributed by atoms with van der Waals surface area (Å²) in [5.74, 6) is 0.685. The summed E-state index contributed by atoms with van der Waals surface area (Å²) >= 11 is 0. The molecule has 0 aliphatic rings. The quantitative estimate of drug-likeness (QED) is 0.387. The molecule has 0 aliphatic heterocycles. The molecule has 114 valence electrons. The smallest absolute Gasteiger partial charge is 0.293 e. The Kier molecular flexibility index (Phi) is 8.66. The fourth-order valence-electron chi connectivity index (χ4n) is 1.70. The first-order valence-corrected chi connectivity index (χ1v) is 5.98. The lowest BCUT2D eigenvalue weighted by Gasteiger charge is -1.93. The number of rotatable bonds is 7. The third-order valence-corrected chi connectivity index (χ3v) is 2.58. The molecule has 0 saturated heterocycles. The number of nitrogen functional groups attached to an aromatic ring is 2. The van der Waals surface area contributed by atoms with Crippen molar-refractivity contribution >= 4 is 11.8 Å².